The van der Waals surface area contributed by atoms with Crippen molar-refractivity contribution in [3.05, 3.63) is 48.5 Å². The van der Waals surface area contributed by atoms with Gasteiger partial charge in [-0.3, -0.25) is 0 Å². The zero-order chi connectivity index (χ0) is 11.5. The third-order valence-electron chi connectivity index (χ3n) is 2.50. The Morgan fingerprint density at radius 1 is 1.06 bits per heavy atom. The van der Waals surface area contributed by atoms with Gasteiger partial charge in [0, 0.05) is 5.39 Å². The van der Waals surface area contributed by atoms with Crippen molar-refractivity contribution in [2.45, 2.75) is 20.0 Å². The van der Waals surface area contributed by atoms with Crippen LogP contribution < -0.4 is 4.74 Å². The molecule has 0 aliphatic rings. The second kappa shape index (κ2) is 4.40. The van der Waals surface area contributed by atoms with Crippen molar-refractivity contribution in [2.75, 3.05) is 0 Å². The van der Waals surface area contributed by atoms with Gasteiger partial charge in [-0.05, 0) is 30.9 Å². The van der Waals surface area contributed by atoms with Gasteiger partial charge in [-0.1, -0.05) is 43.0 Å². The summed E-state index contributed by atoms with van der Waals surface area (Å²) in [6.07, 6.45) is 2.07. The van der Waals surface area contributed by atoms with Crippen molar-refractivity contribution in [2.24, 2.45) is 0 Å². The van der Waals surface area contributed by atoms with E-state index in [4.69, 9.17) is 4.74 Å². The minimum Gasteiger partial charge on any atom is -0.490 e. The Hall–Kier alpha value is -1.76. The summed E-state index contributed by atoms with van der Waals surface area (Å²) in [7, 11) is 0. The molecule has 0 N–H and O–H groups in total. The molecule has 0 atom stereocenters. The van der Waals surface area contributed by atoms with Crippen molar-refractivity contribution < 1.29 is 4.74 Å². The van der Waals surface area contributed by atoms with Gasteiger partial charge in [-0.25, -0.2) is 0 Å². The van der Waals surface area contributed by atoms with E-state index in [0.717, 1.165) is 16.7 Å². The lowest BCUT2D eigenvalue weighted by Crippen LogP contribution is -2.05. The quantitative estimate of drug-likeness (QED) is 0.738. The van der Waals surface area contributed by atoms with Crippen molar-refractivity contribution in [3.63, 3.8) is 0 Å². The minimum absolute atomic E-state index is 0.193. The molecule has 0 heterocycles. The summed E-state index contributed by atoms with van der Waals surface area (Å²) in [4.78, 5) is 0. The van der Waals surface area contributed by atoms with Crippen LogP contribution in [0.2, 0.25) is 0 Å². The highest BCUT2D eigenvalue weighted by atomic mass is 16.5. The highest BCUT2D eigenvalue weighted by Crippen LogP contribution is 2.29. The van der Waals surface area contributed by atoms with E-state index in [0.29, 0.717) is 0 Å². The molecule has 2 aromatic carbocycles. The van der Waals surface area contributed by atoms with Gasteiger partial charge in [0.25, 0.3) is 0 Å². The molecule has 0 radical (unpaired) electrons. The molecule has 0 aliphatic heterocycles. The molecule has 0 aliphatic carbocycles. The average Bonchev–Trinajstić information content (AvgIpc) is 2.28. The second-order valence-electron chi connectivity index (χ2n) is 4.07. The van der Waals surface area contributed by atoms with Crippen LogP contribution in [0.3, 0.4) is 0 Å². The van der Waals surface area contributed by atoms with E-state index in [1.165, 1.54) is 5.39 Å². The molecule has 82 valence electrons. The van der Waals surface area contributed by atoms with Crippen LogP contribution in [0, 0.1) is 0 Å². The van der Waals surface area contributed by atoms with Crippen molar-refractivity contribution in [3.8, 4) is 5.75 Å². The molecule has 0 spiro atoms. The number of hydrogen-bond donors (Lipinski definition) is 0. The van der Waals surface area contributed by atoms with E-state index in [1.807, 2.05) is 38.1 Å². The van der Waals surface area contributed by atoms with Gasteiger partial charge >= 0.3 is 0 Å². The van der Waals surface area contributed by atoms with E-state index < -0.39 is 0 Å². The van der Waals surface area contributed by atoms with Gasteiger partial charge in [0.15, 0.2) is 0 Å². The number of fused-ring (bicyclic) bond motifs is 1. The third-order valence-corrected chi connectivity index (χ3v) is 2.50. The van der Waals surface area contributed by atoms with Crippen molar-refractivity contribution in [1.29, 1.82) is 0 Å². The van der Waals surface area contributed by atoms with Gasteiger partial charge < -0.3 is 4.74 Å². The van der Waals surface area contributed by atoms with Crippen LogP contribution in [0.15, 0.2) is 43.0 Å². The zero-order valence-corrected chi connectivity index (χ0v) is 9.73. The summed E-state index contributed by atoms with van der Waals surface area (Å²) in [5.41, 5.74) is 1.15. The highest BCUT2D eigenvalue weighted by Gasteiger charge is 2.05. The van der Waals surface area contributed by atoms with Crippen LogP contribution in [0.5, 0.6) is 5.75 Å². The molecular weight excluding hydrogens is 196 g/mol. The Bertz CT molecular complexity index is 512. The van der Waals surface area contributed by atoms with Crippen LogP contribution in [-0.4, -0.2) is 6.10 Å². The van der Waals surface area contributed by atoms with E-state index in [-0.39, 0.29) is 6.10 Å². The number of ether oxygens (including phenoxy) is 1. The maximum absolute atomic E-state index is 5.79. The van der Waals surface area contributed by atoms with Crippen molar-refractivity contribution >= 4 is 16.8 Å². The predicted octanol–water partition coefficient (Wildman–Crippen LogP) is 4.27. The molecule has 0 unspecified atom stereocenters. The van der Waals surface area contributed by atoms with Crippen LogP contribution in [-0.2, 0) is 0 Å². The fourth-order valence-corrected chi connectivity index (χ4v) is 1.84. The highest BCUT2D eigenvalue weighted by molar-refractivity contribution is 5.94. The zero-order valence-electron chi connectivity index (χ0n) is 9.73. The van der Waals surface area contributed by atoms with Crippen LogP contribution >= 0.6 is 0 Å². The summed E-state index contributed by atoms with van der Waals surface area (Å²) in [5.74, 6) is 0.941. The van der Waals surface area contributed by atoms with E-state index >= 15 is 0 Å². The summed E-state index contributed by atoms with van der Waals surface area (Å²) in [5, 5.41) is 2.34. The number of rotatable bonds is 3. The van der Waals surface area contributed by atoms with Gasteiger partial charge in [-0.15, -0.1) is 0 Å². The lowest BCUT2D eigenvalue weighted by atomic mass is 10.0. The first-order valence-corrected chi connectivity index (χ1v) is 5.53. The molecule has 1 nitrogen and oxygen atoms in total. The van der Waals surface area contributed by atoms with Crippen molar-refractivity contribution in [1.82, 2.24) is 0 Å². The Kier molecular flexibility index (Phi) is 2.95. The summed E-state index contributed by atoms with van der Waals surface area (Å²) < 4.78 is 5.79. The van der Waals surface area contributed by atoms with Crippen LogP contribution in [0.1, 0.15) is 19.4 Å². The first kappa shape index (κ1) is 10.7. The van der Waals surface area contributed by atoms with Gasteiger partial charge in [0.05, 0.1) is 6.10 Å². The number of benzene rings is 2. The summed E-state index contributed by atoms with van der Waals surface area (Å²) in [6, 6.07) is 12.3. The standard InChI is InChI=1S/C15H16O/c1-4-12-7-5-9-14-13(12)8-6-10-15(14)16-11(2)3/h4-11H,1H2,2-3H3. The van der Waals surface area contributed by atoms with Gasteiger partial charge in [0.2, 0.25) is 0 Å². The monoisotopic (exact) mass is 212 g/mol. The van der Waals surface area contributed by atoms with E-state index in [1.54, 1.807) is 0 Å². The van der Waals surface area contributed by atoms with Crippen LogP contribution in [0.4, 0.5) is 0 Å². The van der Waals surface area contributed by atoms with E-state index in [2.05, 4.69) is 24.8 Å². The second-order valence-corrected chi connectivity index (χ2v) is 4.07. The third kappa shape index (κ3) is 1.94. The summed E-state index contributed by atoms with van der Waals surface area (Å²) >= 11 is 0. The smallest absolute Gasteiger partial charge is 0.127 e. The first-order valence-electron chi connectivity index (χ1n) is 5.53. The Morgan fingerprint density at radius 2 is 1.75 bits per heavy atom. The Labute approximate surface area is 96.4 Å². The molecule has 0 bridgehead atoms. The number of hydrogen-bond acceptors (Lipinski definition) is 1. The topological polar surface area (TPSA) is 9.23 Å². The fraction of sp³-hybridized carbons (Fsp3) is 0.200. The predicted molar refractivity (Wildman–Crippen MR) is 69.8 cm³/mol. The molecular formula is C15H16O. The van der Waals surface area contributed by atoms with E-state index in [9.17, 15) is 0 Å². The molecule has 0 saturated carbocycles. The lowest BCUT2D eigenvalue weighted by Gasteiger charge is -2.13. The molecule has 0 saturated heterocycles. The first-order chi connectivity index (χ1) is 7.72. The lowest BCUT2D eigenvalue weighted by molar-refractivity contribution is 0.245. The summed E-state index contributed by atoms with van der Waals surface area (Å²) in [6.45, 7) is 7.91. The average molecular weight is 212 g/mol. The Morgan fingerprint density at radius 3 is 2.44 bits per heavy atom. The molecule has 0 aromatic heterocycles. The maximum Gasteiger partial charge on any atom is 0.127 e. The molecule has 0 fully saturated rings. The molecule has 2 aromatic rings. The van der Waals surface area contributed by atoms with Crippen LogP contribution in [0.25, 0.3) is 16.8 Å². The molecule has 2 rings (SSSR count). The SMILES string of the molecule is C=Cc1cccc2c(OC(C)C)cccc12. The fourth-order valence-electron chi connectivity index (χ4n) is 1.84. The minimum atomic E-state index is 0.193. The molecule has 1 heteroatoms. The molecule has 16 heavy (non-hydrogen) atoms. The van der Waals surface area contributed by atoms with Gasteiger partial charge in [0.1, 0.15) is 5.75 Å². The largest absolute Gasteiger partial charge is 0.490 e. The Balaban J connectivity index is 2.64. The molecule has 0 amide bonds. The van der Waals surface area contributed by atoms with Gasteiger partial charge in [-0.2, -0.15) is 0 Å². The normalized spacial score (nSPS) is 10.7. The maximum atomic E-state index is 5.79.